The van der Waals surface area contributed by atoms with Gasteiger partial charge in [0.15, 0.2) is 0 Å². The largest absolute Gasteiger partial charge is 0.343 e. The highest BCUT2D eigenvalue weighted by Crippen LogP contribution is 2.22. The Hall–Kier alpha value is -1.92. The number of carbonyl (C=O) groups excluding carboxylic acids is 2. The van der Waals surface area contributed by atoms with Crippen LogP contribution in [0.2, 0.25) is 0 Å². The molecule has 28 heavy (non-hydrogen) atoms. The first-order valence-corrected chi connectivity index (χ1v) is 10.7. The minimum absolute atomic E-state index is 0.0417. The van der Waals surface area contributed by atoms with Crippen LogP contribution < -0.4 is 10.6 Å². The molecule has 2 amide bonds. The van der Waals surface area contributed by atoms with Crippen LogP contribution in [0.4, 0.5) is 0 Å². The fourth-order valence-electron chi connectivity index (χ4n) is 4.16. The van der Waals surface area contributed by atoms with Gasteiger partial charge in [0.25, 0.3) is 0 Å². The standard InChI is InChI=1S/C22H34N4O2/c1-3-18-7-9-19(10-8-18)20-15-23-11-14-26(20)16-21(27)24-17(2)22(28)25-12-5-4-6-13-25/h7-10,17,20,23H,3-6,11-16H2,1-2H3,(H,24,27). The maximum absolute atomic E-state index is 12.6. The lowest BCUT2D eigenvalue weighted by Crippen LogP contribution is -2.53. The number of hydrogen-bond acceptors (Lipinski definition) is 4. The van der Waals surface area contributed by atoms with Gasteiger partial charge < -0.3 is 15.5 Å². The van der Waals surface area contributed by atoms with Crippen molar-refractivity contribution in [1.82, 2.24) is 20.4 Å². The Balaban J connectivity index is 1.56. The zero-order valence-corrected chi connectivity index (χ0v) is 17.2. The summed E-state index contributed by atoms with van der Waals surface area (Å²) >= 11 is 0. The topological polar surface area (TPSA) is 64.7 Å². The predicted molar refractivity (Wildman–Crippen MR) is 111 cm³/mol. The van der Waals surface area contributed by atoms with E-state index in [2.05, 4.69) is 46.7 Å². The molecule has 0 spiro atoms. The highest BCUT2D eigenvalue weighted by Gasteiger charge is 2.28. The molecule has 0 bridgehead atoms. The third-order valence-corrected chi connectivity index (χ3v) is 5.89. The normalized spacial score (nSPS) is 21.9. The molecule has 1 aromatic rings. The van der Waals surface area contributed by atoms with Gasteiger partial charge in [-0.05, 0) is 43.7 Å². The third kappa shape index (κ3) is 5.32. The van der Waals surface area contributed by atoms with Crippen LogP contribution in [-0.2, 0) is 16.0 Å². The van der Waals surface area contributed by atoms with Crippen molar-refractivity contribution in [2.75, 3.05) is 39.3 Å². The molecule has 0 saturated carbocycles. The molecule has 6 nitrogen and oxygen atoms in total. The number of likely N-dealkylation sites (tertiary alicyclic amines) is 1. The zero-order chi connectivity index (χ0) is 19.9. The van der Waals surface area contributed by atoms with Crippen molar-refractivity contribution < 1.29 is 9.59 Å². The van der Waals surface area contributed by atoms with Crippen molar-refractivity contribution in [3.8, 4) is 0 Å². The van der Waals surface area contributed by atoms with E-state index in [1.54, 1.807) is 6.92 Å². The number of aryl methyl sites for hydroxylation is 1. The minimum atomic E-state index is -0.462. The van der Waals surface area contributed by atoms with E-state index in [1.807, 2.05) is 4.90 Å². The van der Waals surface area contributed by atoms with Crippen molar-refractivity contribution in [3.05, 3.63) is 35.4 Å². The molecule has 0 aromatic heterocycles. The average Bonchev–Trinajstić information content (AvgIpc) is 2.74. The van der Waals surface area contributed by atoms with E-state index in [9.17, 15) is 9.59 Å². The number of carbonyl (C=O) groups is 2. The van der Waals surface area contributed by atoms with Gasteiger partial charge in [0, 0.05) is 38.8 Å². The first-order chi connectivity index (χ1) is 13.6. The Labute approximate surface area is 168 Å². The highest BCUT2D eigenvalue weighted by molar-refractivity contribution is 5.88. The van der Waals surface area contributed by atoms with E-state index < -0.39 is 6.04 Å². The summed E-state index contributed by atoms with van der Waals surface area (Å²) in [4.78, 5) is 29.3. The van der Waals surface area contributed by atoms with Crippen molar-refractivity contribution in [3.63, 3.8) is 0 Å². The second-order valence-corrected chi connectivity index (χ2v) is 7.96. The van der Waals surface area contributed by atoms with Gasteiger partial charge >= 0.3 is 0 Å². The summed E-state index contributed by atoms with van der Waals surface area (Å²) in [6.07, 6.45) is 4.34. The van der Waals surface area contributed by atoms with E-state index in [-0.39, 0.29) is 17.9 Å². The highest BCUT2D eigenvalue weighted by atomic mass is 16.2. The van der Waals surface area contributed by atoms with E-state index in [0.717, 1.165) is 52.0 Å². The summed E-state index contributed by atoms with van der Waals surface area (Å²) in [7, 11) is 0. The van der Waals surface area contributed by atoms with Crippen LogP contribution in [0.15, 0.2) is 24.3 Å². The molecule has 2 aliphatic heterocycles. The Morgan fingerprint density at radius 2 is 1.86 bits per heavy atom. The molecule has 3 rings (SSSR count). The second-order valence-electron chi connectivity index (χ2n) is 7.96. The molecule has 2 unspecified atom stereocenters. The number of amides is 2. The fourth-order valence-corrected chi connectivity index (χ4v) is 4.16. The van der Waals surface area contributed by atoms with Crippen molar-refractivity contribution in [1.29, 1.82) is 0 Å². The SMILES string of the molecule is CCc1ccc(C2CNCCN2CC(=O)NC(C)C(=O)N2CCCCC2)cc1. The average molecular weight is 387 g/mol. The number of hydrogen-bond donors (Lipinski definition) is 2. The van der Waals surface area contributed by atoms with Gasteiger partial charge in [-0.1, -0.05) is 31.2 Å². The van der Waals surface area contributed by atoms with Crippen LogP contribution in [0.25, 0.3) is 0 Å². The molecule has 2 heterocycles. The van der Waals surface area contributed by atoms with Crippen LogP contribution in [0.3, 0.4) is 0 Å². The van der Waals surface area contributed by atoms with Gasteiger partial charge in [0.1, 0.15) is 6.04 Å². The van der Waals surface area contributed by atoms with Gasteiger partial charge in [0.2, 0.25) is 11.8 Å². The number of nitrogens with one attached hydrogen (secondary N) is 2. The summed E-state index contributed by atoms with van der Waals surface area (Å²) < 4.78 is 0. The molecule has 2 atom stereocenters. The number of rotatable bonds is 6. The number of nitrogens with zero attached hydrogens (tertiary/aromatic N) is 2. The van der Waals surface area contributed by atoms with Crippen LogP contribution in [0, 0.1) is 0 Å². The maximum Gasteiger partial charge on any atom is 0.244 e. The summed E-state index contributed by atoms with van der Waals surface area (Å²) in [5.74, 6) is -0.0324. The molecule has 154 valence electrons. The number of piperidine rings is 1. The Morgan fingerprint density at radius 1 is 1.14 bits per heavy atom. The molecule has 2 fully saturated rings. The Kier molecular flexibility index (Phi) is 7.45. The molecular weight excluding hydrogens is 352 g/mol. The molecular formula is C22H34N4O2. The first kappa shape index (κ1) is 20.8. The van der Waals surface area contributed by atoms with E-state index in [1.165, 1.54) is 17.5 Å². The zero-order valence-electron chi connectivity index (χ0n) is 17.2. The summed E-state index contributed by atoms with van der Waals surface area (Å²) in [6, 6.07) is 8.39. The van der Waals surface area contributed by atoms with Gasteiger partial charge in [-0.25, -0.2) is 0 Å². The Bertz CT molecular complexity index is 655. The molecule has 2 saturated heterocycles. The monoisotopic (exact) mass is 386 g/mol. The van der Waals surface area contributed by atoms with Crippen molar-refractivity contribution in [2.45, 2.75) is 51.6 Å². The van der Waals surface area contributed by atoms with Gasteiger partial charge in [-0.15, -0.1) is 0 Å². The minimum Gasteiger partial charge on any atom is -0.343 e. The van der Waals surface area contributed by atoms with Gasteiger partial charge in [0.05, 0.1) is 6.54 Å². The maximum atomic E-state index is 12.6. The molecule has 6 heteroatoms. The van der Waals surface area contributed by atoms with Gasteiger partial charge in [-0.2, -0.15) is 0 Å². The lowest BCUT2D eigenvalue weighted by atomic mass is 10.0. The number of benzene rings is 1. The summed E-state index contributed by atoms with van der Waals surface area (Å²) in [6.45, 7) is 8.43. The quantitative estimate of drug-likeness (QED) is 0.781. The molecule has 2 aliphatic rings. The van der Waals surface area contributed by atoms with E-state index >= 15 is 0 Å². The molecule has 0 radical (unpaired) electrons. The van der Waals surface area contributed by atoms with Gasteiger partial charge in [-0.3, -0.25) is 14.5 Å². The molecule has 0 aliphatic carbocycles. The van der Waals surface area contributed by atoms with E-state index in [0.29, 0.717) is 6.54 Å². The summed E-state index contributed by atoms with van der Waals surface area (Å²) in [5.41, 5.74) is 2.55. The lowest BCUT2D eigenvalue weighted by molar-refractivity contribution is -0.137. The van der Waals surface area contributed by atoms with Crippen LogP contribution in [0.1, 0.15) is 50.3 Å². The fraction of sp³-hybridized carbons (Fsp3) is 0.636. The van der Waals surface area contributed by atoms with Crippen LogP contribution >= 0.6 is 0 Å². The third-order valence-electron chi connectivity index (χ3n) is 5.89. The second kappa shape index (κ2) is 10.0. The predicted octanol–water partition coefficient (Wildman–Crippen LogP) is 1.71. The Morgan fingerprint density at radius 3 is 2.54 bits per heavy atom. The lowest BCUT2D eigenvalue weighted by Gasteiger charge is -2.36. The molecule has 1 aromatic carbocycles. The van der Waals surface area contributed by atoms with Crippen molar-refractivity contribution >= 4 is 11.8 Å². The van der Waals surface area contributed by atoms with Crippen LogP contribution in [0.5, 0.6) is 0 Å². The number of piperazine rings is 1. The molecule has 2 N–H and O–H groups in total. The summed E-state index contributed by atoms with van der Waals surface area (Å²) in [5, 5.41) is 6.36. The van der Waals surface area contributed by atoms with E-state index in [4.69, 9.17) is 0 Å². The van der Waals surface area contributed by atoms with Crippen molar-refractivity contribution in [2.24, 2.45) is 0 Å². The van der Waals surface area contributed by atoms with Crippen LogP contribution in [-0.4, -0.2) is 66.9 Å². The first-order valence-electron chi connectivity index (χ1n) is 10.7. The smallest absolute Gasteiger partial charge is 0.244 e.